The van der Waals surface area contributed by atoms with Crippen molar-refractivity contribution in [3.8, 4) is 0 Å². The van der Waals surface area contributed by atoms with E-state index in [0.29, 0.717) is 0 Å². The lowest BCUT2D eigenvalue weighted by molar-refractivity contribution is 0.249. The highest BCUT2D eigenvalue weighted by Gasteiger charge is 2.33. The molecule has 1 aliphatic rings. The predicted molar refractivity (Wildman–Crippen MR) is 61.2 cm³/mol. The number of aromatic nitrogens is 1. The van der Waals surface area contributed by atoms with Gasteiger partial charge in [0.05, 0.1) is 5.69 Å². The summed E-state index contributed by atoms with van der Waals surface area (Å²) in [5, 5.41) is -0.0376. The number of rotatable bonds is 3. The van der Waals surface area contributed by atoms with Gasteiger partial charge in [0.25, 0.3) is 10.0 Å². The number of anilines is 1. The van der Waals surface area contributed by atoms with Gasteiger partial charge in [-0.3, -0.25) is 0 Å². The molecule has 2 rings (SSSR count). The minimum absolute atomic E-state index is 0.0376. The van der Waals surface area contributed by atoms with Crippen LogP contribution >= 0.6 is 0 Å². The van der Waals surface area contributed by atoms with Crippen molar-refractivity contribution in [2.24, 2.45) is 0 Å². The summed E-state index contributed by atoms with van der Waals surface area (Å²) in [6.07, 6.45) is 4.37. The molecule has 0 aliphatic heterocycles. The average molecular weight is 241 g/mol. The second kappa shape index (κ2) is 4.03. The van der Waals surface area contributed by atoms with E-state index in [4.69, 9.17) is 5.73 Å². The normalized spacial score (nSPS) is 17.4. The topological polar surface area (TPSA) is 76.3 Å². The molecule has 1 aromatic rings. The summed E-state index contributed by atoms with van der Waals surface area (Å²) in [6, 6.07) is 3.28. The summed E-state index contributed by atoms with van der Waals surface area (Å²) in [5.74, 6) is 0. The molecular formula is C10H15N3O2S. The lowest BCUT2D eigenvalue weighted by Gasteiger charge is -2.33. The number of nitrogen functional groups attached to an aromatic ring is 1. The number of hydrogen-bond acceptors (Lipinski definition) is 4. The summed E-state index contributed by atoms with van der Waals surface area (Å²) >= 11 is 0. The Morgan fingerprint density at radius 1 is 1.50 bits per heavy atom. The molecule has 0 atom stereocenters. The molecule has 1 saturated carbocycles. The molecule has 1 aliphatic carbocycles. The Morgan fingerprint density at radius 3 is 2.69 bits per heavy atom. The Labute approximate surface area is 95.3 Å². The number of hydrogen-bond donors (Lipinski definition) is 1. The molecular weight excluding hydrogens is 226 g/mol. The van der Waals surface area contributed by atoms with Crippen LogP contribution in [0.2, 0.25) is 0 Å². The van der Waals surface area contributed by atoms with Crippen LogP contribution in [-0.2, 0) is 10.0 Å². The van der Waals surface area contributed by atoms with Gasteiger partial charge in [0.1, 0.15) is 0 Å². The highest BCUT2D eigenvalue weighted by atomic mass is 32.2. The molecule has 2 N–H and O–H groups in total. The molecule has 0 unspecified atom stereocenters. The smallest absolute Gasteiger partial charge is 0.262 e. The number of nitrogens with two attached hydrogens (primary N) is 1. The van der Waals surface area contributed by atoms with Crippen LogP contribution in [0.1, 0.15) is 19.3 Å². The number of nitrogens with zero attached hydrogens (tertiary/aromatic N) is 2. The predicted octanol–water partition coefficient (Wildman–Crippen LogP) is 0.837. The standard InChI is InChI=1S/C10H15N3O2S/c1-13(8-4-2-5-8)16(14,15)10-9(11)6-3-7-12-10/h3,6-8H,2,4-5,11H2,1H3. The van der Waals surface area contributed by atoms with E-state index in [0.717, 1.165) is 19.3 Å². The minimum atomic E-state index is -3.53. The van der Waals surface area contributed by atoms with Gasteiger partial charge in [-0.1, -0.05) is 6.42 Å². The first-order valence-electron chi connectivity index (χ1n) is 5.22. The van der Waals surface area contributed by atoms with E-state index in [2.05, 4.69) is 4.98 Å². The second-order valence-corrected chi connectivity index (χ2v) is 5.92. The Hall–Kier alpha value is -1.14. The summed E-state index contributed by atoms with van der Waals surface area (Å²) < 4.78 is 25.7. The van der Waals surface area contributed by atoms with Crippen molar-refractivity contribution in [3.63, 3.8) is 0 Å². The molecule has 1 aromatic heterocycles. The van der Waals surface area contributed by atoms with Crippen LogP contribution in [-0.4, -0.2) is 30.8 Å². The maximum atomic E-state index is 12.2. The Balaban J connectivity index is 2.35. The lowest BCUT2D eigenvalue weighted by Crippen LogP contribution is -2.41. The Bertz CT molecular complexity index is 483. The Kier molecular flexibility index (Phi) is 2.86. The van der Waals surface area contributed by atoms with E-state index in [9.17, 15) is 8.42 Å². The highest BCUT2D eigenvalue weighted by Crippen LogP contribution is 2.29. The van der Waals surface area contributed by atoms with Gasteiger partial charge in [0.15, 0.2) is 5.03 Å². The first kappa shape index (κ1) is 11.3. The maximum absolute atomic E-state index is 12.2. The van der Waals surface area contributed by atoms with Gasteiger partial charge < -0.3 is 5.73 Å². The van der Waals surface area contributed by atoms with Crippen molar-refractivity contribution in [2.75, 3.05) is 12.8 Å². The molecule has 0 amide bonds. The third kappa shape index (κ3) is 1.78. The summed E-state index contributed by atoms with van der Waals surface area (Å²) in [4.78, 5) is 3.86. The molecule has 0 spiro atoms. The van der Waals surface area contributed by atoms with E-state index < -0.39 is 10.0 Å². The summed E-state index contributed by atoms with van der Waals surface area (Å²) in [7, 11) is -1.94. The zero-order chi connectivity index (χ0) is 11.8. The molecule has 1 fully saturated rings. The zero-order valence-corrected chi connectivity index (χ0v) is 9.94. The molecule has 0 saturated heterocycles. The van der Waals surface area contributed by atoms with E-state index in [-0.39, 0.29) is 16.8 Å². The fourth-order valence-electron chi connectivity index (χ4n) is 1.70. The fraction of sp³-hybridized carbons (Fsp3) is 0.500. The number of sulfonamides is 1. The van der Waals surface area contributed by atoms with Crippen molar-refractivity contribution in [1.29, 1.82) is 0 Å². The summed E-state index contributed by atoms with van der Waals surface area (Å²) in [6.45, 7) is 0. The quantitative estimate of drug-likeness (QED) is 0.850. The van der Waals surface area contributed by atoms with Crippen LogP contribution in [0.3, 0.4) is 0 Å². The van der Waals surface area contributed by atoms with Gasteiger partial charge in [-0.15, -0.1) is 0 Å². The third-order valence-electron chi connectivity index (χ3n) is 3.01. The van der Waals surface area contributed by atoms with Crippen LogP contribution in [0.25, 0.3) is 0 Å². The lowest BCUT2D eigenvalue weighted by atomic mass is 9.94. The molecule has 5 nitrogen and oxygen atoms in total. The van der Waals surface area contributed by atoms with Gasteiger partial charge in [0, 0.05) is 19.3 Å². The van der Waals surface area contributed by atoms with Crippen LogP contribution < -0.4 is 5.73 Å². The molecule has 0 bridgehead atoms. The van der Waals surface area contributed by atoms with Crippen LogP contribution in [0, 0.1) is 0 Å². The van der Waals surface area contributed by atoms with E-state index >= 15 is 0 Å². The van der Waals surface area contributed by atoms with Gasteiger partial charge in [-0.05, 0) is 25.0 Å². The highest BCUT2D eigenvalue weighted by molar-refractivity contribution is 7.89. The maximum Gasteiger partial charge on any atom is 0.262 e. The van der Waals surface area contributed by atoms with Gasteiger partial charge in [0.2, 0.25) is 0 Å². The average Bonchev–Trinajstić information content (AvgIpc) is 2.15. The molecule has 1 heterocycles. The Morgan fingerprint density at radius 2 is 2.19 bits per heavy atom. The molecule has 16 heavy (non-hydrogen) atoms. The van der Waals surface area contributed by atoms with Crippen molar-refractivity contribution in [1.82, 2.24) is 9.29 Å². The SMILES string of the molecule is CN(C1CCC1)S(=O)(=O)c1ncccc1N. The molecule has 0 radical (unpaired) electrons. The summed E-state index contributed by atoms with van der Waals surface area (Å²) in [5.41, 5.74) is 5.84. The third-order valence-corrected chi connectivity index (χ3v) is 4.90. The molecule has 0 aromatic carbocycles. The van der Waals surface area contributed by atoms with Gasteiger partial charge >= 0.3 is 0 Å². The van der Waals surface area contributed by atoms with Crippen molar-refractivity contribution in [2.45, 2.75) is 30.3 Å². The van der Waals surface area contributed by atoms with Crippen LogP contribution in [0.5, 0.6) is 0 Å². The van der Waals surface area contributed by atoms with Gasteiger partial charge in [-0.2, -0.15) is 4.31 Å². The van der Waals surface area contributed by atoms with Gasteiger partial charge in [-0.25, -0.2) is 13.4 Å². The van der Waals surface area contributed by atoms with Crippen molar-refractivity contribution >= 4 is 15.7 Å². The molecule has 88 valence electrons. The largest absolute Gasteiger partial charge is 0.396 e. The number of pyridine rings is 1. The van der Waals surface area contributed by atoms with E-state index in [1.165, 1.54) is 10.5 Å². The zero-order valence-electron chi connectivity index (χ0n) is 9.13. The minimum Gasteiger partial charge on any atom is -0.396 e. The monoisotopic (exact) mass is 241 g/mol. The van der Waals surface area contributed by atoms with Crippen molar-refractivity contribution in [3.05, 3.63) is 18.3 Å². The first-order valence-corrected chi connectivity index (χ1v) is 6.66. The van der Waals surface area contributed by atoms with Crippen molar-refractivity contribution < 1.29 is 8.42 Å². The van der Waals surface area contributed by atoms with E-state index in [1.54, 1.807) is 19.2 Å². The van der Waals surface area contributed by atoms with Crippen LogP contribution in [0.15, 0.2) is 23.4 Å². The van der Waals surface area contributed by atoms with Crippen LogP contribution in [0.4, 0.5) is 5.69 Å². The first-order chi connectivity index (χ1) is 7.53. The second-order valence-electron chi connectivity index (χ2n) is 4.00. The fourth-order valence-corrected chi connectivity index (χ4v) is 3.14. The molecule has 6 heteroatoms. The van der Waals surface area contributed by atoms with E-state index in [1.807, 2.05) is 0 Å².